The summed E-state index contributed by atoms with van der Waals surface area (Å²) in [5.74, 6) is -3.72. The number of nitrogens with zero attached hydrogens (tertiary/aromatic N) is 2. The van der Waals surface area contributed by atoms with E-state index in [1.54, 1.807) is 52.8 Å². The lowest BCUT2D eigenvalue weighted by Gasteiger charge is -2.34. The van der Waals surface area contributed by atoms with Crippen molar-refractivity contribution in [2.45, 2.75) is 59.0 Å². The Morgan fingerprint density at radius 2 is 1.65 bits per heavy atom. The largest absolute Gasteiger partial charge is 0.478 e. The molecule has 0 aliphatic carbocycles. The fraction of sp³-hybridized carbons (Fsp3) is 0.429. The predicted octanol–water partition coefficient (Wildman–Crippen LogP) is 2.78. The van der Waals surface area contributed by atoms with E-state index in [0.717, 1.165) is 0 Å². The van der Waals surface area contributed by atoms with Gasteiger partial charge in [-0.1, -0.05) is 12.1 Å². The number of nitrogens with one attached hydrogen (secondary N) is 1. The predicted molar refractivity (Wildman–Crippen MR) is 109 cm³/mol. The Morgan fingerprint density at radius 1 is 1.03 bits per heavy atom. The molecule has 10 nitrogen and oxygen atoms in total. The fourth-order valence-electron chi connectivity index (χ4n) is 3.59. The summed E-state index contributed by atoms with van der Waals surface area (Å²) in [4.78, 5) is 24.7. The first-order valence-corrected chi connectivity index (χ1v) is 9.82. The van der Waals surface area contributed by atoms with Gasteiger partial charge in [-0.05, 0) is 56.6 Å². The first-order chi connectivity index (χ1) is 14.6. The summed E-state index contributed by atoms with van der Waals surface area (Å²) in [5.41, 5.74) is 1.10. The molecular weight excluding hydrogens is 406 g/mol. The van der Waals surface area contributed by atoms with E-state index in [1.807, 2.05) is 0 Å². The molecule has 2 aromatic rings. The number of carboxylic acid groups (broad SMARTS) is 2. The molecule has 1 aliphatic rings. The average molecular weight is 431 g/mol. The molecule has 31 heavy (non-hydrogen) atoms. The fourth-order valence-corrected chi connectivity index (χ4v) is 3.59. The first-order valence-electron chi connectivity index (χ1n) is 9.82. The molecule has 0 saturated heterocycles. The lowest BCUT2D eigenvalue weighted by Crippen LogP contribution is -2.40. The van der Waals surface area contributed by atoms with Gasteiger partial charge in [-0.2, -0.15) is 0 Å². The van der Waals surface area contributed by atoms with Crippen molar-refractivity contribution in [2.24, 2.45) is 0 Å². The maximum atomic E-state index is 12.5. The van der Waals surface area contributed by atoms with Crippen LogP contribution in [0, 0.1) is 0 Å². The van der Waals surface area contributed by atoms with Crippen LogP contribution in [0.5, 0.6) is 0 Å². The number of benzene rings is 1. The normalized spacial score (nSPS) is 17.2. The quantitative estimate of drug-likeness (QED) is 0.534. The van der Waals surface area contributed by atoms with Gasteiger partial charge in [-0.25, -0.2) is 14.2 Å². The van der Waals surface area contributed by atoms with Gasteiger partial charge in [0.25, 0.3) is 0 Å². The van der Waals surface area contributed by atoms with Gasteiger partial charge in [0.15, 0.2) is 6.29 Å². The van der Waals surface area contributed by atoms with Crippen LogP contribution in [0.4, 0.5) is 0 Å². The highest BCUT2D eigenvalue weighted by molar-refractivity contribution is 6.00. The van der Waals surface area contributed by atoms with Crippen LogP contribution < -0.4 is 5.32 Å². The van der Waals surface area contributed by atoms with E-state index < -0.39 is 24.1 Å². The minimum absolute atomic E-state index is 0.121. The summed E-state index contributed by atoms with van der Waals surface area (Å²) in [6.07, 6.45) is -1.60. The van der Waals surface area contributed by atoms with Crippen LogP contribution >= 0.6 is 0 Å². The Labute approximate surface area is 178 Å². The number of carbonyl (C=O) groups is 2. The maximum Gasteiger partial charge on any atom is 0.334 e. The number of hydrogen-bond acceptors (Lipinski definition) is 8. The smallest absolute Gasteiger partial charge is 0.334 e. The molecule has 0 fully saturated rings. The Hall–Kier alpha value is -3.24. The Kier molecular flexibility index (Phi) is 6.42. The molecule has 2 heterocycles. The molecule has 1 unspecified atom stereocenters. The van der Waals surface area contributed by atoms with E-state index in [2.05, 4.69) is 15.6 Å². The number of ether oxygens (including phenoxy) is 2. The van der Waals surface area contributed by atoms with E-state index in [-0.39, 0.29) is 40.3 Å². The topological polar surface area (TPSA) is 144 Å². The van der Waals surface area contributed by atoms with Crippen molar-refractivity contribution >= 4 is 23.0 Å². The summed E-state index contributed by atoms with van der Waals surface area (Å²) in [5, 5.41) is 30.7. The van der Waals surface area contributed by atoms with Crippen molar-refractivity contribution in [3.63, 3.8) is 0 Å². The molecule has 0 bridgehead atoms. The monoisotopic (exact) mass is 431 g/mol. The number of aliphatic carboxylic acids is 2. The van der Waals surface area contributed by atoms with Gasteiger partial charge in [0, 0.05) is 5.70 Å². The molecule has 166 valence electrons. The van der Waals surface area contributed by atoms with Crippen LogP contribution in [0.2, 0.25) is 0 Å². The third kappa shape index (κ3) is 4.44. The molecule has 0 saturated carbocycles. The average Bonchev–Trinajstić information content (AvgIpc) is 3.14. The van der Waals surface area contributed by atoms with E-state index in [1.165, 1.54) is 0 Å². The SMILES string of the molecule is CC1=C(C(=O)O)C(c2cccc3nonc23)C(C(=O)O)=C(C(OC(C)C)OC(C)C)N1. The molecule has 3 rings (SSSR count). The third-order valence-corrected chi connectivity index (χ3v) is 4.71. The molecule has 1 atom stereocenters. The van der Waals surface area contributed by atoms with Crippen LogP contribution in [0.1, 0.15) is 46.1 Å². The van der Waals surface area contributed by atoms with Crippen molar-refractivity contribution in [3.8, 4) is 0 Å². The molecule has 10 heteroatoms. The molecule has 0 radical (unpaired) electrons. The number of rotatable bonds is 8. The number of dihydropyridines is 1. The van der Waals surface area contributed by atoms with Crippen LogP contribution in [0.15, 0.2) is 45.4 Å². The third-order valence-electron chi connectivity index (χ3n) is 4.71. The van der Waals surface area contributed by atoms with E-state index in [0.29, 0.717) is 11.1 Å². The van der Waals surface area contributed by atoms with Gasteiger partial charge in [-0.3, -0.25) is 0 Å². The standard InChI is InChI=1S/C21H25N3O7/c1-9(2)29-21(30-10(3)4)18-16(20(27)28)15(14(19(25)26)11(5)22-18)12-7-6-8-13-17(12)24-31-23-13/h6-10,15,21-22H,1-5H3,(H,25,26)(H,27,28). The number of allylic oxidation sites excluding steroid dienone is 1. The summed E-state index contributed by atoms with van der Waals surface area (Å²) in [7, 11) is 0. The summed E-state index contributed by atoms with van der Waals surface area (Å²) < 4.78 is 16.5. The first kappa shape index (κ1) is 22.4. The lowest BCUT2D eigenvalue weighted by molar-refractivity contribution is -0.163. The molecule has 0 amide bonds. The van der Waals surface area contributed by atoms with E-state index >= 15 is 0 Å². The highest BCUT2D eigenvalue weighted by atomic mass is 16.7. The minimum Gasteiger partial charge on any atom is -0.478 e. The summed E-state index contributed by atoms with van der Waals surface area (Å²) in [6, 6.07) is 4.90. The number of carboxylic acids is 2. The highest BCUT2D eigenvalue weighted by Crippen LogP contribution is 2.41. The van der Waals surface area contributed by atoms with Gasteiger partial charge in [0.05, 0.1) is 35.0 Å². The summed E-state index contributed by atoms with van der Waals surface area (Å²) >= 11 is 0. The van der Waals surface area contributed by atoms with Crippen LogP contribution in [0.25, 0.3) is 11.0 Å². The second kappa shape index (κ2) is 8.86. The molecule has 1 aromatic carbocycles. The van der Waals surface area contributed by atoms with Crippen molar-refractivity contribution in [1.29, 1.82) is 0 Å². The Morgan fingerprint density at radius 3 is 2.19 bits per heavy atom. The Balaban J connectivity index is 2.30. The molecular formula is C21H25N3O7. The second-order valence-corrected chi connectivity index (χ2v) is 7.72. The van der Waals surface area contributed by atoms with Crippen molar-refractivity contribution < 1.29 is 33.9 Å². The highest BCUT2D eigenvalue weighted by Gasteiger charge is 2.41. The van der Waals surface area contributed by atoms with E-state index in [4.69, 9.17) is 14.1 Å². The van der Waals surface area contributed by atoms with Gasteiger partial charge in [0.1, 0.15) is 11.0 Å². The van der Waals surface area contributed by atoms with Crippen LogP contribution in [-0.2, 0) is 19.1 Å². The zero-order valence-corrected chi connectivity index (χ0v) is 17.9. The van der Waals surface area contributed by atoms with Crippen molar-refractivity contribution in [3.05, 3.63) is 46.3 Å². The Bertz CT molecular complexity index is 1060. The van der Waals surface area contributed by atoms with Gasteiger partial charge in [0.2, 0.25) is 0 Å². The van der Waals surface area contributed by atoms with Crippen LogP contribution in [0.3, 0.4) is 0 Å². The zero-order chi connectivity index (χ0) is 22.9. The summed E-state index contributed by atoms with van der Waals surface area (Å²) in [6.45, 7) is 8.75. The second-order valence-electron chi connectivity index (χ2n) is 7.72. The molecule has 3 N–H and O–H groups in total. The number of aromatic nitrogens is 2. The maximum absolute atomic E-state index is 12.5. The zero-order valence-electron chi connectivity index (χ0n) is 17.9. The molecule has 0 spiro atoms. The molecule has 1 aliphatic heterocycles. The van der Waals surface area contributed by atoms with Gasteiger partial charge in [-0.15, -0.1) is 0 Å². The minimum atomic E-state index is -1.31. The van der Waals surface area contributed by atoms with Crippen molar-refractivity contribution in [1.82, 2.24) is 15.6 Å². The van der Waals surface area contributed by atoms with Crippen molar-refractivity contribution in [2.75, 3.05) is 0 Å². The van der Waals surface area contributed by atoms with Gasteiger partial charge < -0.3 is 25.0 Å². The van der Waals surface area contributed by atoms with E-state index in [9.17, 15) is 19.8 Å². The molecule has 1 aromatic heterocycles. The van der Waals surface area contributed by atoms with Crippen LogP contribution in [-0.4, -0.2) is 51.0 Å². The van der Waals surface area contributed by atoms with Gasteiger partial charge >= 0.3 is 11.9 Å². The lowest BCUT2D eigenvalue weighted by atomic mass is 9.79. The number of fused-ring (bicyclic) bond motifs is 1. The number of hydrogen-bond donors (Lipinski definition) is 3.